The molecule has 0 radical (unpaired) electrons. The van der Waals surface area contributed by atoms with Crippen LogP contribution in [0.1, 0.15) is 10.4 Å². The van der Waals surface area contributed by atoms with Crippen LogP contribution < -0.4 is 4.90 Å². The highest BCUT2D eigenvalue weighted by molar-refractivity contribution is 6.30. The number of carbonyl (C=O) groups excluding carboxylic acids is 1. The average Bonchev–Trinajstić information content (AvgIpc) is 3.10. The van der Waals surface area contributed by atoms with Crippen LogP contribution in [0.2, 0.25) is 5.02 Å². The summed E-state index contributed by atoms with van der Waals surface area (Å²) < 4.78 is 0. The lowest BCUT2D eigenvalue weighted by Crippen LogP contribution is -2.54. The summed E-state index contributed by atoms with van der Waals surface area (Å²) in [6, 6.07) is 7.04. The summed E-state index contributed by atoms with van der Waals surface area (Å²) in [6.07, 6.45) is 4.59. The third-order valence-electron chi connectivity index (χ3n) is 5.29. The quantitative estimate of drug-likeness (QED) is 0.851. The zero-order valence-electron chi connectivity index (χ0n) is 14.9. The van der Waals surface area contributed by atoms with Crippen molar-refractivity contribution in [3.05, 3.63) is 53.4 Å². The van der Waals surface area contributed by atoms with Gasteiger partial charge in [0.1, 0.15) is 5.82 Å². The lowest BCUT2D eigenvalue weighted by molar-refractivity contribution is 0.0376. The number of β-amino-alcohol motifs (C(OH)–C–C–N with tert-alkyl or cyclic N) is 1. The minimum absolute atomic E-state index is 0.0273. The monoisotopic (exact) mass is 387 g/mol. The van der Waals surface area contributed by atoms with E-state index in [-0.39, 0.29) is 11.9 Å². The molecule has 2 fully saturated rings. The van der Waals surface area contributed by atoms with Gasteiger partial charge >= 0.3 is 0 Å². The predicted octanol–water partition coefficient (Wildman–Crippen LogP) is 1.14. The molecule has 2 aliphatic rings. The molecule has 2 aromatic rings. The zero-order chi connectivity index (χ0) is 18.8. The molecule has 1 aromatic heterocycles. The van der Waals surface area contributed by atoms with Crippen molar-refractivity contribution in [3.63, 3.8) is 0 Å². The van der Waals surface area contributed by atoms with Gasteiger partial charge in [-0.2, -0.15) is 0 Å². The smallest absolute Gasteiger partial charge is 0.253 e. The highest BCUT2D eigenvalue weighted by Gasteiger charge is 2.37. The number of aliphatic hydroxyl groups excluding tert-OH is 1. The fourth-order valence-electron chi connectivity index (χ4n) is 3.80. The number of rotatable bonds is 3. The lowest BCUT2D eigenvalue weighted by Gasteiger charge is -2.38. The van der Waals surface area contributed by atoms with Crippen LogP contribution in [-0.2, 0) is 0 Å². The summed E-state index contributed by atoms with van der Waals surface area (Å²) in [7, 11) is 0. The molecule has 2 aliphatic heterocycles. The Morgan fingerprint density at radius 3 is 2.48 bits per heavy atom. The van der Waals surface area contributed by atoms with Crippen LogP contribution in [0.5, 0.6) is 0 Å². The van der Waals surface area contributed by atoms with Crippen molar-refractivity contribution in [1.82, 2.24) is 19.8 Å². The van der Waals surface area contributed by atoms with Gasteiger partial charge in [0.2, 0.25) is 0 Å². The molecule has 1 aromatic carbocycles. The van der Waals surface area contributed by atoms with Crippen molar-refractivity contribution >= 4 is 23.3 Å². The third-order valence-corrected chi connectivity index (χ3v) is 5.55. The van der Waals surface area contributed by atoms with Gasteiger partial charge in [-0.1, -0.05) is 11.6 Å². The Kier molecular flexibility index (Phi) is 5.24. The maximum Gasteiger partial charge on any atom is 0.253 e. The molecule has 1 amide bonds. The van der Waals surface area contributed by atoms with E-state index in [1.165, 1.54) is 0 Å². The maximum absolute atomic E-state index is 12.6. The Labute approximate surface area is 163 Å². The Bertz CT molecular complexity index is 780. The van der Waals surface area contributed by atoms with E-state index in [0.29, 0.717) is 36.8 Å². The number of hydrogen-bond donors (Lipinski definition) is 1. The minimum atomic E-state index is -0.439. The number of aromatic nitrogens is 2. The van der Waals surface area contributed by atoms with E-state index >= 15 is 0 Å². The number of nitrogens with zero attached hydrogens (tertiary/aromatic N) is 5. The van der Waals surface area contributed by atoms with Crippen molar-refractivity contribution in [2.24, 2.45) is 0 Å². The second-order valence-electron chi connectivity index (χ2n) is 6.94. The van der Waals surface area contributed by atoms with E-state index in [4.69, 9.17) is 11.6 Å². The fraction of sp³-hybridized carbons (Fsp3) is 0.421. The van der Waals surface area contributed by atoms with Crippen LogP contribution in [0, 0.1) is 0 Å². The van der Waals surface area contributed by atoms with E-state index in [0.717, 1.165) is 18.9 Å². The Morgan fingerprint density at radius 2 is 1.81 bits per heavy atom. The average molecular weight is 388 g/mol. The van der Waals surface area contributed by atoms with Gasteiger partial charge in [0.25, 0.3) is 5.91 Å². The van der Waals surface area contributed by atoms with E-state index in [1.54, 1.807) is 42.9 Å². The molecule has 4 rings (SSSR count). The summed E-state index contributed by atoms with van der Waals surface area (Å²) >= 11 is 5.90. The van der Waals surface area contributed by atoms with Crippen LogP contribution in [-0.4, -0.2) is 82.2 Å². The van der Waals surface area contributed by atoms with E-state index in [1.807, 2.05) is 4.90 Å². The summed E-state index contributed by atoms with van der Waals surface area (Å²) in [6.45, 7) is 4.05. The zero-order valence-corrected chi connectivity index (χ0v) is 15.7. The van der Waals surface area contributed by atoms with Crippen LogP contribution >= 0.6 is 11.6 Å². The van der Waals surface area contributed by atoms with Crippen LogP contribution in [0.4, 0.5) is 5.82 Å². The van der Waals surface area contributed by atoms with Crippen LogP contribution in [0.15, 0.2) is 42.9 Å². The highest BCUT2D eigenvalue weighted by Crippen LogP contribution is 2.22. The molecular weight excluding hydrogens is 366 g/mol. The molecule has 142 valence electrons. The molecule has 0 spiro atoms. The first-order chi connectivity index (χ1) is 13.1. The van der Waals surface area contributed by atoms with Crippen LogP contribution in [0.25, 0.3) is 0 Å². The van der Waals surface area contributed by atoms with Gasteiger partial charge in [-0.05, 0) is 24.3 Å². The summed E-state index contributed by atoms with van der Waals surface area (Å²) in [5.41, 5.74) is 0.655. The van der Waals surface area contributed by atoms with Gasteiger partial charge in [0.15, 0.2) is 0 Å². The topological polar surface area (TPSA) is 72.8 Å². The summed E-state index contributed by atoms with van der Waals surface area (Å²) in [4.78, 5) is 27.3. The number of benzene rings is 1. The molecule has 0 aliphatic carbocycles. The number of amides is 1. The largest absolute Gasteiger partial charge is 0.390 e. The molecule has 0 bridgehead atoms. The molecule has 0 unspecified atom stereocenters. The first-order valence-corrected chi connectivity index (χ1v) is 9.47. The number of halogens is 1. The molecular formula is C19H22ClN5O2. The van der Waals surface area contributed by atoms with Crippen molar-refractivity contribution in [2.45, 2.75) is 12.1 Å². The number of carbonyl (C=O) groups is 1. The van der Waals surface area contributed by atoms with Crippen LogP contribution in [0.3, 0.4) is 0 Å². The first kappa shape index (κ1) is 18.2. The van der Waals surface area contributed by atoms with Gasteiger partial charge in [0.05, 0.1) is 18.3 Å². The normalized spacial score (nSPS) is 23.6. The summed E-state index contributed by atoms with van der Waals surface area (Å²) in [5, 5.41) is 11.2. The Hall–Kier alpha value is -2.22. The SMILES string of the molecule is O=C(c1ccc(Cl)cc1)N1CCN([C@@H]2CN(c3cnccn3)C[C@H]2O)CC1. The fourth-order valence-corrected chi connectivity index (χ4v) is 3.93. The lowest BCUT2D eigenvalue weighted by atomic mass is 10.1. The Balaban J connectivity index is 1.35. The second-order valence-corrected chi connectivity index (χ2v) is 7.37. The molecule has 2 saturated heterocycles. The number of anilines is 1. The molecule has 27 heavy (non-hydrogen) atoms. The third kappa shape index (κ3) is 3.90. The van der Waals surface area contributed by atoms with Gasteiger partial charge in [-0.3, -0.25) is 14.7 Å². The van der Waals surface area contributed by atoms with E-state index in [9.17, 15) is 9.90 Å². The molecule has 0 saturated carbocycles. The number of piperazine rings is 1. The van der Waals surface area contributed by atoms with Gasteiger partial charge in [0, 0.05) is 62.2 Å². The molecule has 3 heterocycles. The van der Waals surface area contributed by atoms with E-state index in [2.05, 4.69) is 19.8 Å². The van der Waals surface area contributed by atoms with Crippen molar-refractivity contribution in [2.75, 3.05) is 44.2 Å². The van der Waals surface area contributed by atoms with Crippen molar-refractivity contribution < 1.29 is 9.90 Å². The summed E-state index contributed by atoms with van der Waals surface area (Å²) in [5.74, 6) is 0.815. The standard InChI is InChI=1S/C19H22ClN5O2/c20-15-3-1-14(2-4-15)19(27)24-9-7-23(8-10-24)16-12-25(13-17(16)26)18-11-21-5-6-22-18/h1-6,11,16-17,26H,7-10,12-13H2/t16-,17-/m1/s1. The number of aliphatic hydroxyl groups is 1. The molecule has 8 heteroatoms. The van der Waals surface area contributed by atoms with Crippen molar-refractivity contribution in [3.8, 4) is 0 Å². The van der Waals surface area contributed by atoms with E-state index < -0.39 is 6.10 Å². The molecule has 7 nitrogen and oxygen atoms in total. The predicted molar refractivity (Wildman–Crippen MR) is 103 cm³/mol. The van der Waals surface area contributed by atoms with Gasteiger partial charge in [-0.15, -0.1) is 0 Å². The second kappa shape index (κ2) is 7.80. The number of hydrogen-bond acceptors (Lipinski definition) is 6. The Morgan fingerprint density at radius 1 is 1.07 bits per heavy atom. The maximum atomic E-state index is 12.6. The van der Waals surface area contributed by atoms with Gasteiger partial charge < -0.3 is 14.9 Å². The first-order valence-electron chi connectivity index (χ1n) is 9.10. The van der Waals surface area contributed by atoms with Crippen molar-refractivity contribution in [1.29, 1.82) is 0 Å². The molecule has 2 atom stereocenters. The minimum Gasteiger partial charge on any atom is -0.390 e. The highest BCUT2D eigenvalue weighted by atomic mass is 35.5. The molecule has 1 N–H and O–H groups in total. The van der Waals surface area contributed by atoms with Gasteiger partial charge in [-0.25, -0.2) is 4.98 Å².